The van der Waals surface area contributed by atoms with Crippen LogP contribution in [0.3, 0.4) is 0 Å². The van der Waals surface area contributed by atoms with Crippen molar-refractivity contribution in [3.8, 4) is 0 Å². The molecular weight excluding hydrogens is 210 g/mol. The summed E-state index contributed by atoms with van der Waals surface area (Å²) in [6, 6.07) is 0. The Morgan fingerprint density at radius 1 is 1.41 bits per heavy atom. The van der Waals surface area contributed by atoms with E-state index in [0.717, 1.165) is 25.4 Å². The van der Waals surface area contributed by atoms with Crippen molar-refractivity contribution < 1.29 is 0 Å². The maximum Gasteiger partial charge on any atom is 0.108 e. The van der Waals surface area contributed by atoms with Crippen molar-refractivity contribution in [3.05, 3.63) is 18.2 Å². The lowest BCUT2D eigenvalue weighted by Crippen LogP contribution is -2.25. The highest BCUT2D eigenvalue weighted by Gasteiger charge is 2.13. The molecule has 0 spiro atoms. The molecule has 0 bridgehead atoms. The second kappa shape index (κ2) is 6.80. The molecule has 0 unspecified atom stereocenters. The highest BCUT2D eigenvalue weighted by atomic mass is 15.1. The van der Waals surface area contributed by atoms with Crippen LogP contribution in [0.4, 0.5) is 0 Å². The third kappa shape index (κ3) is 3.84. The molecule has 3 heteroatoms. The molecule has 1 fully saturated rings. The summed E-state index contributed by atoms with van der Waals surface area (Å²) in [5.74, 6) is 2.17. The zero-order valence-electron chi connectivity index (χ0n) is 11.0. The van der Waals surface area contributed by atoms with Crippen LogP contribution in [-0.4, -0.2) is 22.6 Å². The predicted octanol–water partition coefficient (Wildman–Crippen LogP) is 2.62. The molecule has 1 N–H and O–H groups in total. The van der Waals surface area contributed by atoms with Crippen molar-refractivity contribution in [1.29, 1.82) is 0 Å². The molecule has 1 aliphatic rings. The Morgan fingerprint density at radius 2 is 2.24 bits per heavy atom. The maximum atomic E-state index is 4.40. The lowest BCUT2D eigenvalue weighted by Gasteiger charge is -2.11. The van der Waals surface area contributed by atoms with Gasteiger partial charge in [0.1, 0.15) is 5.82 Å². The molecule has 96 valence electrons. The van der Waals surface area contributed by atoms with Gasteiger partial charge in [0, 0.05) is 31.9 Å². The van der Waals surface area contributed by atoms with Crippen molar-refractivity contribution in [2.75, 3.05) is 13.1 Å². The molecule has 1 heterocycles. The third-order valence-corrected chi connectivity index (χ3v) is 3.71. The number of hydrogen-bond donors (Lipinski definition) is 1. The number of nitrogens with zero attached hydrogens (tertiary/aromatic N) is 2. The molecule has 1 saturated carbocycles. The zero-order chi connectivity index (χ0) is 11.9. The van der Waals surface area contributed by atoms with E-state index in [9.17, 15) is 0 Å². The summed E-state index contributed by atoms with van der Waals surface area (Å²) in [4.78, 5) is 4.40. The van der Waals surface area contributed by atoms with E-state index in [1.807, 2.05) is 6.20 Å². The summed E-state index contributed by atoms with van der Waals surface area (Å²) in [5, 5.41) is 3.59. The van der Waals surface area contributed by atoms with Crippen LogP contribution in [0.5, 0.6) is 0 Å². The quantitative estimate of drug-likeness (QED) is 0.736. The van der Waals surface area contributed by atoms with Crippen LogP contribution in [0, 0.1) is 5.92 Å². The molecule has 0 amide bonds. The lowest BCUT2D eigenvalue weighted by atomic mass is 10.1. The van der Waals surface area contributed by atoms with E-state index in [4.69, 9.17) is 0 Å². The summed E-state index contributed by atoms with van der Waals surface area (Å²) >= 11 is 0. The van der Waals surface area contributed by atoms with Crippen LogP contribution in [0.15, 0.2) is 12.4 Å². The Morgan fingerprint density at radius 3 is 3.00 bits per heavy atom. The molecule has 1 aliphatic carbocycles. The van der Waals surface area contributed by atoms with Gasteiger partial charge < -0.3 is 9.88 Å². The smallest absolute Gasteiger partial charge is 0.108 e. The first-order valence-corrected chi connectivity index (χ1v) is 7.11. The molecule has 0 saturated heterocycles. The SMILES string of the molecule is CCCc1nccn1CCNCC1CCCC1. The maximum absolute atomic E-state index is 4.40. The minimum absolute atomic E-state index is 0.938. The van der Waals surface area contributed by atoms with Crippen molar-refractivity contribution in [3.63, 3.8) is 0 Å². The van der Waals surface area contributed by atoms with Crippen LogP contribution in [0.2, 0.25) is 0 Å². The van der Waals surface area contributed by atoms with E-state index in [1.165, 1.54) is 44.5 Å². The van der Waals surface area contributed by atoms with Gasteiger partial charge in [-0.25, -0.2) is 4.98 Å². The van der Waals surface area contributed by atoms with Crippen LogP contribution in [0.1, 0.15) is 44.9 Å². The summed E-state index contributed by atoms with van der Waals surface area (Å²) in [6.45, 7) is 5.54. The van der Waals surface area contributed by atoms with Gasteiger partial charge in [-0.1, -0.05) is 19.8 Å². The van der Waals surface area contributed by atoms with E-state index >= 15 is 0 Å². The van der Waals surface area contributed by atoms with Gasteiger partial charge in [-0.05, 0) is 31.7 Å². The number of aryl methyl sites for hydroxylation is 1. The largest absolute Gasteiger partial charge is 0.334 e. The van der Waals surface area contributed by atoms with Crippen LogP contribution in [0.25, 0.3) is 0 Å². The van der Waals surface area contributed by atoms with Gasteiger partial charge in [0.25, 0.3) is 0 Å². The molecule has 0 aliphatic heterocycles. The Kier molecular flexibility index (Phi) is 5.05. The van der Waals surface area contributed by atoms with Gasteiger partial charge in [0.2, 0.25) is 0 Å². The standard InChI is InChI=1S/C14H25N3/c1-2-5-14-16-9-11-17(14)10-8-15-12-13-6-3-4-7-13/h9,11,13,15H,2-8,10,12H2,1H3. The van der Waals surface area contributed by atoms with Crippen molar-refractivity contribution in [1.82, 2.24) is 14.9 Å². The van der Waals surface area contributed by atoms with Crippen LogP contribution < -0.4 is 5.32 Å². The normalized spacial score (nSPS) is 16.8. The topological polar surface area (TPSA) is 29.9 Å². The first kappa shape index (κ1) is 12.6. The average Bonchev–Trinajstić information content (AvgIpc) is 2.96. The lowest BCUT2D eigenvalue weighted by molar-refractivity contribution is 0.473. The van der Waals surface area contributed by atoms with Gasteiger partial charge in [-0.2, -0.15) is 0 Å². The van der Waals surface area contributed by atoms with E-state index in [-0.39, 0.29) is 0 Å². The minimum Gasteiger partial charge on any atom is -0.334 e. The average molecular weight is 235 g/mol. The number of rotatable bonds is 7. The summed E-state index contributed by atoms with van der Waals surface area (Å²) < 4.78 is 2.28. The monoisotopic (exact) mass is 235 g/mol. The molecule has 17 heavy (non-hydrogen) atoms. The van der Waals surface area contributed by atoms with Gasteiger partial charge in [-0.15, -0.1) is 0 Å². The Balaban J connectivity index is 1.65. The molecule has 0 atom stereocenters. The number of hydrogen-bond acceptors (Lipinski definition) is 2. The fraction of sp³-hybridized carbons (Fsp3) is 0.786. The second-order valence-electron chi connectivity index (χ2n) is 5.14. The van der Waals surface area contributed by atoms with E-state index in [0.29, 0.717) is 0 Å². The third-order valence-electron chi connectivity index (χ3n) is 3.71. The zero-order valence-corrected chi connectivity index (χ0v) is 11.0. The summed E-state index contributed by atoms with van der Waals surface area (Å²) in [5.41, 5.74) is 0. The highest BCUT2D eigenvalue weighted by molar-refractivity contribution is 4.92. The van der Waals surface area contributed by atoms with E-state index < -0.39 is 0 Å². The summed E-state index contributed by atoms with van der Waals surface area (Å²) in [7, 11) is 0. The Hall–Kier alpha value is -0.830. The number of nitrogens with one attached hydrogen (secondary N) is 1. The van der Waals surface area contributed by atoms with Gasteiger partial charge in [0.05, 0.1) is 0 Å². The molecule has 0 aromatic carbocycles. The fourth-order valence-electron chi connectivity index (χ4n) is 2.72. The van der Waals surface area contributed by atoms with Gasteiger partial charge in [0.15, 0.2) is 0 Å². The van der Waals surface area contributed by atoms with Crippen LogP contribution >= 0.6 is 0 Å². The van der Waals surface area contributed by atoms with Gasteiger partial charge >= 0.3 is 0 Å². The van der Waals surface area contributed by atoms with Crippen molar-refractivity contribution in [2.45, 2.75) is 52.0 Å². The first-order chi connectivity index (χ1) is 8.40. The van der Waals surface area contributed by atoms with Gasteiger partial charge in [-0.3, -0.25) is 0 Å². The first-order valence-electron chi connectivity index (χ1n) is 7.11. The molecular formula is C14H25N3. The summed E-state index contributed by atoms with van der Waals surface area (Å²) in [6.07, 6.45) is 12.0. The number of aromatic nitrogens is 2. The Labute approximate surface area is 105 Å². The predicted molar refractivity (Wildman–Crippen MR) is 71.0 cm³/mol. The molecule has 1 aromatic rings. The highest BCUT2D eigenvalue weighted by Crippen LogP contribution is 2.23. The van der Waals surface area contributed by atoms with Crippen molar-refractivity contribution >= 4 is 0 Å². The molecule has 2 rings (SSSR count). The molecule has 3 nitrogen and oxygen atoms in total. The van der Waals surface area contributed by atoms with E-state index in [1.54, 1.807) is 0 Å². The van der Waals surface area contributed by atoms with Crippen LogP contribution in [-0.2, 0) is 13.0 Å². The second-order valence-corrected chi connectivity index (χ2v) is 5.14. The fourth-order valence-corrected chi connectivity index (χ4v) is 2.72. The molecule has 1 aromatic heterocycles. The molecule has 0 radical (unpaired) electrons. The van der Waals surface area contributed by atoms with Crippen molar-refractivity contribution in [2.24, 2.45) is 5.92 Å². The minimum atomic E-state index is 0.938. The number of imidazole rings is 1. The van der Waals surface area contributed by atoms with E-state index in [2.05, 4.69) is 28.0 Å². The Bertz CT molecular complexity index is 313.